The van der Waals surface area contributed by atoms with E-state index >= 15 is 0 Å². The number of hydrogen-bond donors (Lipinski definition) is 1. The third-order valence-electron chi connectivity index (χ3n) is 3.70. The van der Waals surface area contributed by atoms with E-state index in [1.165, 1.54) is 29.6 Å². The summed E-state index contributed by atoms with van der Waals surface area (Å²) in [6.07, 6.45) is 0. The average Bonchev–Trinajstić information content (AvgIpc) is 2.59. The van der Waals surface area contributed by atoms with Crippen molar-refractivity contribution in [3.8, 4) is 0 Å². The lowest BCUT2D eigenvalue weighted by Crippen LogP contribution is -2.00. The van der Waals surface area contributed by atoms with Crippen LogP contribution >= 0.6 is 23.5 Å². The van der Waals surface area contributed by atoms with Crippen LogP contribution in [0.5, 0.6) is 0 Å². The van der Waals surface area contributed by atoms with Crippen LogP contribution < -0.4 is 0 Å². The van der Waals surface area contributed by atoms with Gasteiger partial charge in [0.2, 0.25) is 0 Å². The predicted molar refractivity (Wildman–Crippen MR) is 107 cm³/mol. The summed E-state index contributed by atoms with van der Waals surface area (Å²) in [7, 11) is -4.32. The molecule has 0 aliphatic carbocycles. The van der Waals surface area contributed by atoms with E-state index < -0.39 is 10.1 Å². The quantitative estimate of drug-likeness (QED) is 0.542. The Balaban J connectivity index is 1.93. The molecule has 0 aromatic heterocycles. The number of benzene rings is 3. The summed E-state index contributed by atoms with van der Waals surface area (Å²) in [5, 5.41) is 0. The van der Waals surface area contributed by atoms with Crippen LogP contribution in [0.1, 0.15) is 11.1 Å². The molecule has 3 aromatic carbocycles. The van der Waals surface area contributed by atoms with Gasteiger partial charge in [0.1, 0.15) is 4.90 Å². The minimum atomic E-state index is -4.32. The zero-order valence-corrected chi connectivity index (χ0v) is 16.8. The highest BCUT2D eigenvalue weighted by molar-refractivity contribution is 8.00. The second-order valence-corrected chi connectivity index (χ2v) is 9.57. The predicted octanol–water partition coefficient (Wildman–Crippen LogP) is 5.85. The summed E-state index contributed by atoms with van der Waals surface area (Å²) in [6.45, 7) is 4.01. The monoisotopic (exact) mass is 402 g/mol. The summed E-state index contributed by atoms with van der Waals surface area (Å²) in [6, 6.07) is 20.9. The van der Waals surface area contributed by atoms with Crippen LogP contribution in [0.4, 0.5) is 0 Å². The Hall–Kier alpha value is -1.73. The van der Waals surface area contributed by atoms with Crippen molar-refractivity contribution >= 4 is 33.6 Å². The summed E-state index contributed by atoms with van der Waals surface area (Å²) < 4.78 is 33.4. The Morgan fingerprint density at radius 3 is 1.65 bits per heavy atom. The van der Waals surface area contributed by atoms with Crippen LogP contribution in [0, 0.1) is 13.8 Å². The first-order chi connectivity index (χ1) is 12.3. The minimum absolute atomic E-state index is 0.0693. The Bertz CT molecular complexity index is 1010. The highest BCUT2D eigenvalue weighted by Crippen LogP contribution is 2.37. The van der Waals surface area contributed by atoms with Crippen molar-refractivity contribution in [2.75, 3.05) is 0 Å². The maximum atomic E-state index is 11.9. The van der Waals surface area contributed by atoms with Gasteiger partial charge in [-0.05, 0) is 56.3 Å². The normalized spacial score (nSPS) is 11.5. The van der Waals surface area contributed by atoms with E-state index in [9.17, 15) is 13.0 Å². The van der Waals surface area contributed by atoms with Gasteiger partial charge in [-0.1, -0.05) is 58.9 Å². The van der Waals surface area contributed by atoms with Gasteiger partial charge in [-0.3, -0.25) is 4.55 Å². The first-order valence-corrected chi connectivity index (χ1v) is 11.0. The van der Waals surface area contributed by atoms with E-state index in [-0.39, 0.29) is 4.90 Å². The highest BCUT2D eigenvalue weighted by atomic mass is 32.2. The molecular formula is C20H18O3S3. The highest BCUT2D eigenvalue weighted by Gasteiger charge is 2.17. The molecule has 3 aromatic rings. The van der Waals surface area contributed by atoms with Crippen molar-refractivity contribution in [3.63, 3.8) is 0 Å². The van der Waals surface area contributed by atoms with Gasteiger partial charge in [-0.15, -0.1) is 0 Å². The summed E-state index contributed by atoms with van der Waals surface area (Å²) in [4.78, 5) is 3.12. The molecule has 0 unspecified atom stereocenters. The molecule has 6 heteroatoms. The fraction of sp³-hybridized carbons (Fsp3) is 0.100. The molecule has 0 saturated carbocycles. The zero-order chi connectivity index (χ0) is 18.7. The fourth-order valence-electron chi connectivity index (χ4n) is 2.31. The second-order valence-electron chi connectivity index (χ2n) is 5.91. The van der Waals surface area contributed by atoms with Crippen LogP contribution in [0.3, 0.4) is 0 Å². The van der Waals surface area contributed by atoms with Gasteiger partial charge < -0.3 is 0 Å². The molecule has 0 fully saturated rings. The van der Waals surface area contributed by atoms with E-state index in [0.717, 1.165) is 25.8 Å². The standard InChI is InChI=1S/C20H18O3S3/c1-14-3-7-16(8-4-14)24-18-11-12-19(20(13-18)26(21,22)23)25-17-9-5-15(2)6-10-17/h3-13H,1-2H3,(H,21,22,23). The van der Waals surface area contributed by atoms with Crippen LogP contribution in [0.2, 0.25) is 0 Å². The molecule has 1 N–H and O–H groups in total. The molecule has 0 radical (unpaired) electrons. The fourth-order valence-corrected chi connectivity index (χ4v) is 5.11. The van der Waals surface area contributed by atoms with E-state index in [4.69, 9.17) is 0 Å². The van der Waals surface area contributed by atoms with Crippen LogP contribution in [-0.2, 0) is 10.1 Å². The molecule has 3 rings (SSSR count). The molecule has 0 aliphatic rings. The largest absolute Gasteiger partial charge is 0.295 e. The van der Waals surface area contributed by atoms with Gasteiger partial charge in [0.15, 0.2) is 0 Å². The number of rotatable bonds is 5. The zero-order valence-electron chi connectivity index (χ0n) is 14.3. The molecule has 26 heavy (non-hydrogen) atoms. The van der Waals surface area contributed by atoms with Crippen molar-refractivity contribution in [1.82, 2.24) is 0 Å². The Labute approximate surface area is 162 Å². The Morgan fingerprint density at radius 1 is 0.692 bits per heavy atom. The molecule has 0 saturated heterocycles. The summed E-state index contributed by atoms with van der Waals surface area (Å²) in [5.41, 5.74) is 2.30. The van der Waals surface area contributed by atoms with Crippen molar-refractivity contribution in [1.29, 1.82) is 0 Å². The second kappa shape index (κ2) is 7.88. The van der Waals surface area contributed by atoms with Crippen LogP contribution in [0.15, 0.2) is 91.2 Å². The number of aryl methyl sites for hydroxylation is 2. The maximum Gasteiger partial charge on any atom is 0.295 e. The maximum absolute atomic E-state index is 11.9. The molecule has 0 aliphatic heterocycles. The first-order valence-electron chi connectivity index (χ1n) is 7.92. The molecule has 3 nitrogen and oxygen atoms in total. The van der Waals surface area contributed by atoms with E-state index in [0.29, 0.717) is 4.90 Å². The van der Waals surface area contributed by atoms with Gasteiger partial charge in [0.05, 0.1) is 0 Å². The lowest BCUT2D eigenvalue weighted by molar-refractivity contribution is 0.480. The van der Waals surface area contributed by atoms with Crippen molar-refractivity contribution < 1.29 is 13.0 Å². The molecule has 0 spiro atoms. The SMILES string of the molecule is Cc1ccc(Sc2ccc(Sc3ccc(C)cc3)c(S(=O)(=O)O)c2)cc1. The van der Waals surface area contributed by atoms with Gasteiger partial charge in [0.25, 0.3) is 10.1 Å². The van der Waals surface area contributed by atoms with Gasteiger partial charge in [0, 0.05) is 19.6 Å². The van der Waals surface area contributed by atoms with Crippen molar-refractivity contribution in [3.05, 3.63) is 77.9 Å². The van der Waals surface area contributed by atoms with Crippen LogP contribution in [-0.4, -0.2) is 13.0 Å². The summed E-state index contributed by atoms with van der Waals surface area (Å²) in [5.74, 6) is 0. The third-order valence-corrected chi connectivity index (χ3v) is 6.80. The number of hydrogen-bond acceptors (Lipinski definition) is 4. The van der Waals surface area contributed by atoms with Crippen molar-refractivity contribution in [2.24, 2.45) is 0 Å². The molecular weight excluding hydrogens is 384 g/mol. The topological polar surface area (TPSA) is 54.4 Å². The van der Waals surface area contributed by atoms with Gasteiger partial charge >= 0.3 is 0 Å². The third kappa shape index (κ3) is 4.92. The lowest BCUT2D eigenvalue weighted by atomic mass is 10.2. The minimum Gasteiger partial charge on any atom is -0.282 e. The lowest BCUT2D eigenvalue weighted by Gasteiger charge is -2.10. The molecule has 134 valence electrons. The summed E-state index contributed by atoms with van der Waals surface area (Å²) >= 11 is 2.78. The molecule has 0 amide bonds. The molecule has 0 heterocycles. The first kappa shape index (κ1) is 19.0. The average molecular weight is 403 g/mol. The molecule has 0 bridgehead atoms. The van der Waals surface area contributed by atoms with Gasteiger partial charge in [-0.25, -0.2) is 0 Å². The van der Waals surface area contributed by atoms with E-state index in [2.05, 4.69) is 0 Å². The Kier molecular flexibility index (Phi) is 5.77. The van der Waals surface area contributed by atoms with Crippen molar-refractivity contribution in [2.45, 2.75) is 38.3 Å². The molecule has 0 atom stereocenters. The van der Waals surface area contributed by atoms with E-state index in [1.807, 2.05) is 68.4 Å². The van der Waals surface area contributed by atoms with Crippen LogP contribution in [0.25, 0.3) is 0 Å². The van der Waals surface area contributed by atoms with Gasteiger partial charge in [-0.2, -0.15) is 8.42 Å². The van der Waals surface area contributed by atoms with E-state index in [1.54, 1.807) is 6.07 Å². The Morgan fingerprint density at radius 2 is 1.15 bits per heavy atom. The smallest absolute Gasteiger partial charge is 0.282 e.